The second-order valence-electron chi connectivity index (χ2n) is 6.78. The molecule has 1 aromatic heterocycles. The monoisotopic (exact) mass is 378 g/mol. The van der Waals surface area contributed by atoms with Crippen molar-refractivity contribution in [2.75, 3.05) is 6.61 Å². The van der Waals surface area contributed by atoms with Gasteiger partial charge in [-0.25, -0.2) is 13.6 Å². The van der Waals surface area contributed by atoms with E-state index in [2.05, 4.69) is 5.32 Å². The molecule has 0 aliphatic carbocycles. The average Bonchev–Trinajstić information content (AvgIpc) is 2.87. The van der Waals surface area contributed by atoms with Gasteiger partial charge >= 0.3 is 5.97 Å². The third-order valence-electron chi connectivity index (χ3n) is 4.36. The number of hydrogen-bond acceptors (Lipinski definition) is 3. The van der Waals surface area contributed by atoms with Crippen molar-refractivity contribution in [2.45, 2.75) is 46.7 Å². The van der Waals surface area contributed by atoms with Gasteiger partial charge in [0.15, 0.2) is 6.61 Å². The van der Waals surface area contributed by atoms with Crippen LogP contribution in [0.25, 0.3) is 0 Å². The fourth-order valence-corrected chi connectivity index (χ4v) is 3.20. The van der Waals surface area contributed by atoms with E-state index in [1.807, 2.05) is 32.3 Å². The lowest BCUT2D eigenvalue weighted by Gasteiger charge is -2.15. The molecule has 7 heteroatoms. The number of halogens is 2. The lowest BCUT2D eigenvalue weighted by molar-refractivity contribution is -0.124. The predicted octanol–water partition coefficient (Wildman–Crippen LogP) is 4.00. The number of ether oxygens (including phenoxy) is 1. The first kappa shape index (κ1) is 20.6. The molecule has 0 radical (unpaired) electrons. The fraction of sp³-hybridized carbons (Fsp3) is 0.400. The Hall–Kier alpha value is -2.70. The summed E-state index contributed by atoms with van der Waals surface area (Å²) >= 11 is 0. The summed E-state index contributed by atoms with van der Waals surface area (Å²) in [5.41, 5.74) is 2.26. The Morgan fingerprint density at radius 1 is 1.15 bits per heavy atom. The number of nitrogens with one attached hydrogen (secondary N) is 1. The molecule has 146 valence electrons. The number of hydrogen-bond donors (Lipinski definition) is 1. The molecule has 0 aliphatic rings. The number of esters is 1. The first-order chi connectivity index (χ1) is 12.6. The molecule has 5 nitrogen and oxygen atoms in total. The lowest BCUT2D eigenvalue weighted by atomic mass is 10.1. The second-order valence-corrected chi connectivity index (χ2v) is 6.78. The average molecular weight is 378 g/mol. The van der Waals surface area contributed by atoms with Crippen LogP contribution in [0.3, 0.4) is 0 Å². The van der Waals surface area contributed by atoms with Crippen molar-refractivity contribution < 1.29 is 23.1 Å². The number of rotatable bonds is 6. The molecular formula is C20H24F2N2O3. The van der Waals surface area contributed by atoms with Crippen LogP contribution in [0.15, 0.2) is 24.3 Å². The van der Waals surface area contributed by atoms with Gasteiger partial charge in [0.05, 0.1) is 11.6 Å². The smallest absolute Gasteiger partial charge is 0.340 e. The SMILES string of the molecule is Cc1cc(C(=O)OCC(=O)NC(C)c2ccc(F)cc2F)c(C)n1C(C)C. The predicted molar refractivity (Wildman–Crippen MR) is 97.5 cm³/mol. The molecule has 2 aromatic rings. The van der Waals surface area contributed by atoms with Crippen molar-refractivity contribution in [1.82, 2.24) is 9.88 Å². The van der Waals surface area contributed by atoms with E-state index < -0.39 is 36.2 Å². The van der Waals surface area contributed by atoms with Gasteiger partial charge in [-0.1, -0.05) is 6.07 Å². The van der Waals surface area contributed by atoms with Gasteiger partial charge < -0.3 is 14.6 Å². The van der Waals surface area contributed by atoms with Crippen LogP contribution in [0.2, 0.25) is 0 Å². The molecule has 0 saturated carbocycles. The number of carbonyl (C=O) groups is 2. The maximum atomic E-state index is 13.8. The summed E-state index contributed by atoms with van der Waals surface area (Å²) < 4.78 is 33.8. The summed E-state index contributed by atoms with van der Waals surface area (Å²) in [6, 6.07) is 4.37. The maximum absolute atomic E-state index is 13.8. The van der Waals surface area contributed by atoms with Gasteiger partial charge in [-0.05, 0) is 46.8 Å². The minimum atomic E-state index is -0.749. The highest BCUT2D eigenvalue weighted by atomic mass is 19.1. The molecule has 1 N–H and O–H groups in total. The van der Waals surface area contributed by atoms with Crippen molar-refractivity contribution >= 4 is 11.9 Å². The molecule has 2 rings (SSSR count). The summed E-state index contributed by atoms with van der Waals surface area (Å²) in [6.45, 7) is 8.82. The van der Waals surface area contributed by atoms with Crippen LogP contribution in [0, 0.1) is 25.5 Å². The van der Waals surface area contributed by atoms with Crippen LogP contribution >= 0.6 is 0 Å². The summed E-state index contributed by atoms with van der Waals surface area (Å²) in [4.78, 5) is 24.3. The lowest BCUT2D eigenvalue weighted by Crippen LogP contribution is -2.31. The highest BCUT2D eigenvalue weighted by molar-refractivity contribution is 5.92. The van der Waals surface area contributed by atoms with E-state index in [1.165, 1.54) is 6.07 Å². The van der Waals surface area contributed by atoms with Crippen molar-refractivity contribution in [3.8, 4) is 0 Å². The van der Waals surface area contributed by atoms with E-state index in [0.29, 0.717) is 5.56 Å². The van der Waals surface area contributed by atoms with E-state index in [9.17, 15) is 18.4 Å². The minimum absolute atomic E-state index is 0.150. The number of carbonyl (C=O) groups excluding carboxylic acids is 2. The van der Waals surface area contributed by atoms with Gasteiger partial charge in [-0.3, -0.25) is 4.79 Å². The number of nitrogens with zero attached hydrogens (tertiary/aromatic N) is 1. The fourth-order valence-electron chi connectivity index (χ4n) is 3.20. The molecule has 0 fully saturated rings. The van der Waals surface area contributed by atoms with Crippen LogP contribution in [-0.4, -0.2) is 23.1 Å². The molecule has 1 aromatic carbocycles. The molecular weight excluding hydrogens is 354 g/mol. The van der Waals surface area contributed by atoms with Gasteiger partial charge in [-0.15, -0.1) is 0 Å². The van der Waals surface area contributed by atoms with E-state index in [-0.39, 0.29) is 11.6 Å². The second kappa shape index (κ2) is 8.33. The zero-order valence-corrected chi connectivity index (χ0v) is 16.1. The van der Waals surface area contributed by atoms with Crippen molar-refractivity contribution in [3.63, 3.8) is 0 Å². The van der Waals surface area contributed by atoms with E-state index >= 15 is 0 Å². The van der Waals surface area contributed by atoms with E-state index in [0.717, 1.165) is 23.5 Å². The Bertz CT molecular complexity index is 859. The summed E-state index contributed by atoms with van der Waals surface area (Å²) in [5.74, 6) is -2.60. The van der Waals surface area contributed by atoms with Gasteiger partial charge in [0.25, 0.3) is 5.91 Å². The maximum Gasteiger partial charge on any atom is 0.340 e. The van der Waals surface area contributed by atoms with E-state index in [4.69, 9.17) is 4.74 Å². The number of aromatic nitrogens is 1. The molecule has 0 spiro atoms. The number of benzene rings is 1. The standard InChI is InChI=1S/C20H24F2N2O3/c1-11(2)24-12(3)8-17(14(24)5)20(26)27-10-19(25)23-13(4)16-7-6-15(21)9-18(16)22/h6-9,11,13H,10H2,1-5H3,(H,23,25). The van der Waals surface area contributed by atoms with Crippen molar-refractivity contribution in [1.29, 1.82) is 0 Å². The van der Waals surface area contributed by atoms with Gasteiger partial charge in [0, 0.05) is 29.1 Å². The van der Waals surface area contributed by atoms with Crippen LogP contribution in [0.1, 0.15) is 60.2 Å². The molecule has 0 aliphatic heterocycles. The molecule has 1 atom stereocenters. The van der Waals surface area contributed by atoms with Gasteiger partial charge in [0.1, 0.15) is 11.6 Å². The van der Waals surface area contributed by atoms with Crippen LogP contribution < -0.4 is 5.32 Å². The van der Waals surface area contributed by atoms with Gasteiger partial charge in [0.2, 0.25) is 0 Å². The zero-order valence-electron chi connectivity index (χ0n) is 16.1. The Labute approximate surface area is 157 Å². The molecule has 1 heterocycles. The largest absolute Gasteiger partial charge is 0.452 e. The Morgan fingerprint density at radius 2 is 1.81 bits per heavy atom. The molecule has 1 amide bonds. The molecule has 27 heavy (non-hydrogen) atoms. The number of amides is 1. The Kier molecular flexibility index (Phi) is 6.36. The van der Waals surface area contributed by atoms with Gasteiger partial charge in [-0.2, -0.15) is 0 Å². The Balaban J connectivity index is 1.97. The van der Waals surface area contributed by atoms with E-state index in [1.54, 1.807) is 13.0 Å². The number of aryl methyl sites for hydroxylation is 1. The quantitative estimate of drug-likeness (QED) is 0.773. The summed E-state index contributed by atoms with van der Waals surface area (Å²) in [7, 11) is 0. The molecule has 1 unspecified atom stereocenters. The summed E-state index contributed by atoms with van der Waals surface area (Å²) in [5, 5.41) is 2.53. The third-order valence-corrected chi connectivity index (χ3v) is 4.36. The Morgan fingerprint density at radius 3 is 2.37 bits per heavy atom. The van der Waals surface area contributed by atoms with Crippen LogP contribution in [-0.2, 0) is 9.53 Å². The summed E-state index contributed by atoms with van der Waals surface area (Å²) in [6.07, 6.45) is 0. The first-order valence-electron chi connectivity index (χ1n) is 8.71. The van der Waals surface area contributed by atoms with Crippen LogP contribution in [0.4, 0.5) is 8.78 Å². The molecule has 0 bridgehead atoms. The zero-order chi connectivity index (χ0) is 20.3. The molecule has 0 saturated heterocycles. The van der Waals surface area contributed by atoms with Crippen molar-refractivity contribution in [3.05, 3.63) is 58.4 Å². The first-order valence-corrected chi connectivity index (χ1v) is 8.71. The van der Waals surface area contributed by atoms with Crippen LogP contribution in [0.5, 0.6) is 0 Å². The highest BCUT2D eigenvalue weighted by Gasteiger charge is 2.20. The minimum Gasteiger partial charge on any atom is -0.452 e. The van der Waals surface area contributed by atoms with Crippen molar-refractivity contribution in [2.24, 2.45) is 0 Å². The normalized spacial score (nSPS) is 12.1. The highest BCUT2D eigenvalue weighted by Crippen LogP contribution is 2.21. The third kappa shape index (κ3) is 4.72. The topological polar surface area (TPSA) is 60.3 Å².